The van der Waals surface area contributed by atoms with Gasteiger partial charge in [0.15, 0.2) is 18.0 Å². The number of likely N-dealkylation sites (tertiary alicyclic amines) is 1. The summed E-state index contributed by atoms with van der Waals surface area (Å²) >= 11 is 0. The van der Waals surface area contributed by atoms with Crippen molar-refractivity contribution in [1.29, 1.82) is 0 Å². The minimum Gasteiger partial charge on any atom is -0.486 e. The van der Waals surface area contributed by atoms with Gasteiger partial charge in [0.05, 0.1) is 6.54 Å². The van der Waals surface area contributed by atoms with E-state index in [0.717, 1.165) is 29.8 Å². The normalized spacial score (nSPS) is 21.6. The number of carbonyl (C=O) groups excluding carboxylic acids is 2. The van der Waals surface area contributed by atoms with Gasteiger partial charge < -0.3 is 19.7 Å². The summed E-state index contributed by atoms with van der Waals surface area (Å²) < 4.78 is 47.4. The molecule has 7 nitrogen and oxygen atoms in total. The minimum absolute atomic E-state index is 0.00144. The molecule has 0 radical (unpaired) electrons. The van der Waals surface area contributed by atoms with Crippen LogP contribution in [0.1, 0.15) is 24.4 Å². The number of rotatable bonds is 4. The van der Waals surface area contributed by atoms with Gasteiger partial charge >= 0.3 is 12.2 Å². The minimum atomic E-state index is -4.52. The maximum Gasteiger partial charge on any atom is 0.405 e. The highest BCUT2D eigenvalue weighted by Gasteiger charge is 2.33. The van der Waals surface area contributed by atoms with Crippen LogP contribution in [0.5, 0.6) is 11.5 Å². The Balaban J connectivity index is 1.56. The maximum absolute atomic E-state index is 12.1. The fourth-order valence-corrected chi connectivity index (χ4v) is 3.40. The highest BCUT2D eigenvalue weighted by molar-refractivity contribution is 5.94. The monoisotopic (exact) mass is 388 g/mol. The smallest absolute Gasteiger partial charge is 0.405 e. The number of hydrogen-bond donors (Lipinski definition) is 3. The SMILES string of the molecule is O=C(C[NH+]1CCC[C@H]1c1ccc2c(c1)OCCO2)NC(=O)NCC(F)(F)F. The zero-order valence-corrected chi connectivity index (χ0v) is 14.5. The first-order chi connectivity index (χ1) is 12.8. The standard InChI is InChI=1S/C17H20F3N3O4/c18-17(19,20)10-21-16(25)22-15(24)9-23-5-1-2-12(23)11-3-4-13-14(8-11)27-7-6-26-13/h3-4,8,12H,1-2,5-7,9-10H2,(H2,21,22,24,25)/p+1/t12-/m0/s1. The summed E-state index contributed by atoms with van der Waals surface area (Å²) in [7, 11) is 0. The number of carbonyl (C=O) groups is 2. The Morgan fingerprint density at radius 3 is 2.67 bits per heavy atom. The van der Waals surface area contributed by atoms with Crippen molar-refractivity contribution in [3.05, 3.63) is 23.8 Å². The summed E-state index contributed by atoms with van der Waals surface area (Å²) in [4.78, 5) is 24.4. The molecular formula is C17H21F3N3O4+. The van der Waals surface area contributed by atoms with Gasteiger partial charge in [0.2, 0.25) is 0 Å². The number of urea groups is 1. The molecule has 3 N–H and O–H groups in total. The molecule has 1 fully saturated rings. The molecular weight excluding hydrogens is 367 g/mol. The van der Waals surface area contributed by atoms with Crippen molar-refractivity contribution < 1.29 is 37.1 Å². The van der Waals surface area contributed by atoms with Gasteiger partial charge in [0.25, 0.3) is 5.91 Å². The number of fused-ring (bicyclic) bond motifs is 1. The Hall–Kier alpha value is -2.49. The Kier molecular flexibility index (Phi) is 5.73. The summed E-state index contributed by atoms with van der Waals surface area (Å²) in [5, 5.41) is 3.57. The van der Waals surface area contributed by atoms with Crippen molar-refractivity contribution in [3.8, 4) is 11.5 Å². The van der Waals surface area contributed by atoms with Gasteiger partial charge in [-0.05, 0) is 18.2 Å². The van der Waals surface area contributed by atoms with Gasteiger partial charge in [0, 0.05) is 18.4 Å². The number of amides is 3. The molecule has 0 saturated carbocycles. The molecule has 2 atom stereocenters. The Morgan fingerprint density at radius 2 is 1.93 bits per heavy atom. The molecule has 3 rings (SSSR count). The number of halogens is 3. The molecule has 1 aromatic rings. The molecule has 2 heterocycles. The van der Waals surface area contributed by atoms with E-state index in [-0.39, 0.29) is 12.6 Å². The largest absolute Gasteiger partial charge is 0.486 e. The quantitative estimate of drug-likeness (QED) is 0.705. The highest BCUT2D eigenvalue weighted by atomic mass is 19.4. The van der Waals surface area contributed by atoms with E-state index in [9.17, 15) is 22.8 Å². The molecule has 1 saturated heterocycles. The lowest BCUT2D eigenvalue weighted by molar-refractivity contribution is -0.910. The van der Waals surface area contributed by atoms with Gasteiger partial charge in [0.1, 0.15) is 25.8 Å². The maximum atomic E-state index is 12.1. The first kappa shape index (κ1) is 19.3. The highest BCUT2D eigenvalue weighted by Crippen LogP contribution is 2.33. The first-order valence-electron chi connectivity index (χ1n) is 8.70. The van der Waals surface area contributed by atoms with E-state index in [1.165, 1.54) is 0 Å². The van der Waals surface area contributed by atoms with Gasteiger partial charge in [-0.3, -0.25) is 10.1 Å². The van der Waals surface area contributed by atoms with Crippen LogP contribution in [0.25, 0.3) is 0 Å². The molecule has 2 aliphatic heterocycles. The van der Waals surface area contributed by atoms with Crippen molar-refractivity contribution in [2.24, 2.45) is 0 Å². The van der Waals surface area contributed by atoms with Gasteiger partial charge in [-0.1, -0.05) is 0 Å². The average Bonchev–Trinajstić information content (AvgIpc) is 3.07. The number of imide groups is 1. The van der Waals surface area contributed by atoms with Crippen LogP contribution < -0.4 is 25.0 Å². The van der Waals surface area contributed by atoms with Crippen LogP contribution in [0.15, 0.2) is 18.2 Å². The van der Waals surface area contributed by atoms with Crippen molar-refractivity contribution >= 4 is 11.9 Å². The van der Waals surface area contributed by atoms with Crippen LogP contribution in [-0.2, 0) is 4.79 Å². The van der Waals surface area contributed by atoms with Crippen LogP contribution in [0.4, 0.5) is 18.0 Å². The van der Waals surface area contributed by atoms with Crippen molar-refractivity contribution in [1.82, 2.24) is 10.6 Å². The van der Waals surface area contributed by atoms with Gasteiger partial charge in [-0.25, -0.2) is 4.79 Å². The number of nitrogens with one attached hydrogen (secondary N) is 3. The first-order valence-corrected chi connectivity index (χ1v) is 8.70. The lowest BCUT2D eigenvalue weighted by Gasteiger charge is -2.24. The van der Waals surface area contributed by atoms with Crippen molar-refractivity contribution in [2.75, 3.05) is 32.8 Å². The van der Waals surface area contributed by atoms with E-state index in [1.54, 1.807) is 5.32 Å². The second-order valence-electron chi connectivity index (χ2n) is 6.53. The predicted molar refractivity (Wildman–Crippen MR) is 87.7 cm³/mol. The molecule has 1 aromatic carbocycles. The Labute approximate surface area is 153 Å². The predicted octanol–water partition coefficient (Wildman–Crippen LogP) is 0.566. The van der Waals surface area contributed by atoms with Crippen LogP contribution >= 0.6 is 0 Å². The number of hydrogen-bond acceptors (Lipinski definition) is 4. The molecule has 0 aromatic heterocycles. The number of benzene rings is 1. The van der Waals surface area contributed by atoms with Crippen LogP contribution in [0.3, 0.4) is 0 Å². The molecule has 1 unspecified atom stereocenters. The topological polar surface area (TPSA) is 81.1 Å². The third-order valence-electron chi connectivity index (χ3n) is 4.54. The van der Waals surface area contributed by atoms with Crippen LogP contribution in [0.2, 0.25) is 0 Å². The summed E-state index contributed by atoms with van der Waals surface area (Å²) in [5.74, 6) is 0.735. The zero-order chi connectivity index (χ0) is 19.4. The summed E-state index contributed by atoms with van der Waals surface area (Å²) in [6, 6.07) is 4.57. The average molecular weight is 388 g/mol. The lowest BCUT2D eigenvalue weighted by Crippen LogP contribution is -3.11. The van der Waals surface area contributed by atoms with Crippen molar-refractivity contribution in [2.45, 2.75) is 25.1 Å². The number of alkyl halides is 3. The van der Waals surface area contributed by atoms with Crippen LogP contribution in [0, 0.1) is 0 Å². The van der Waals surface area contributed by atoms with Gasteiger partial charge in [-0.2, -0.15) is 13.2 Å². The Morgan fingerprint density at radius 1 is 1.19 bits per heavy atom. The second kappa shape index (κ2) is 8.03. The molecule has 3 amide bonds. The molecule has 27 heavy (non-hydrogen) atoms. The van der Waals surface area contributed by atoms with E-state index in [2.05, 4.69) is 0 Å². The van der Waals surface area contributed by atoms with E-state index >= 15 is 0 Å². The second-order valence-corrected chi connectivity index (χ2v) is 6.53. The third kappa shape index (κ3) is 5.25. The lowest BCUT2D eigenvalue weighted by atomic mass is 10.0. The van der Waals surface area contributed by atoms with Crippen molar-refractivity contribution in [3.63, 3.8) is 0 Å². The van der Waals surface area contributed by atoms with E-state index in [1.807, 2.05) is 23.5 Å². The summed E-state index contributed by atoms with van der Waals surface area (Å²) in [6.07, 6.45) is -2.76. The zero-order valence-electron chi connectivity index (χ0n) is 14.5. The molecule has 10 heteroatoms. The summed E-state index contributed by atoms with van der Waals surface area (Å²) in [5.41, 5.74) is 1.00. The van der Waals surface area contributed by atoms with E-state index in [0.29, 0.717) is 24.7 Å². The van der Waals surface area contributed by atoms with Crippen LogP contribution in [-0.4, -0.2) is 51.0 Å². The fraction of sp³-hybridized carbons (Fsp3) is 0.529. The molecule has 148 valence electrons. The third-order valence-corrected chi connectivity index (χ3v) is 4.54. The molecule has 0 spiro atoms. The Bertz CT molecular complexity index is 711. The molecule has 0 bridgehead atoms. The van der Waals surface area contributed by atoms with Gasteiger partial charge in [-0.15, -0.1) is 0 Å². The number of ether oxygens (including phenoxy) is 2. The summed E-state index contributed by atoms with van der Waals surface area (Å²) in [6.45, 7) is 0.231. The van der Waals surface area contributed by atoms with E-state index in [4.69, 9.17) is 9.47 Å². The molecule has 2 aliphatic rings. The number of quaternary nitrogens is 1. The van der Waals surface area contributed by atoms with E-state index < -0.39 is 24.7 Å². The molecule has 0 aliphatic carbocycles. The fourth-order valence-electron chi connectivity index (χ4n) is 3.40.